The Hall–Kier alpha value is -5.13. The van der Waals surface area contributed by atoms with Crippen molar-refractivity contribution in [2.75, 3.05) is 12.4 Å². The number of hydrogen-bond acceptors (Lipinski definition) is 9. The van der Waals surface area contributed by atoms with Crippen LogP contribution in [0, 0.1) is 0 Å². The molecule has 0 aliphatic rings. The summed E-state index contributed by atoms with van der Waals surface area (Å²) in [6.45, 7) is 0.619. The molecule has 0 atom stereocenters. The standard InChI is InChI=1S/C31H24ClN7O3S/c1-42-27-7-3-2-6-24(27)31(41)39-29(36-17-23-8-9-28(32)43-23)14-26(37-39)21-13-25(20-5-4-10-33-15-20)30(40)38(18-21)19-22-16-34-11-12-35-22/h2-16,18,36H,17,19H2,1H3. The largest absolute Gasteiger partial charge is 0.496 e. The lowest BCUT2D eigenvalue weighted by atomic mass is 10.1. The molecule has 214 valence electrons. The second-order valence-electron chi connectivity index (χ2n) is 9.41. The first-order valence-corrected chi connectivity index (χ1v) is 14.4. The van der Waals surface area contributed by atoms with Crippen molar-refractivity contribution in [2.45, 2.75) is 13.1 Å². The van der Waals surface area contributed by atoms with Crippen molar-refractivity contribution >= 4 is 34.7 Å². The molecule has 1 N–H and O–H groups in total. The molecular weight excluding hydrogens is 586 g/mol. The van der Waals surface area contributed by atoms with Gasteiger partial charge in [-0.1, -0.05) is 29.8 Å². The number of para-hydroxylation sites is 1. The number of thiophene rings is 1. The molecule has 6 rings (SSSR count). The number of methoxy groups -OCH3 is 1. The number of nitrogens with zero attached hydrogens (tertiary/aromatic N) is 6. The highest BCUT2D eigenvalue weighted by Gasteiger charge is 2.21. The molecule has 12 heteroatoms. The maximum absolute atomic E-state index is 13.8. The lowest BCUT2D eigenvalue weighted by Crippen LogP contribution is -2.22. The van der Waals surface area contributed by atoms with Gasteiger partial charge in [0.2, 0.25) is 0 Å². The Morgan fingerprint density at radius 3 is 2.60 bits per heavy atom. The molecule has 43 heavy (non-hydrogen) atoms. The number of carbonyl (C=O) groups is 1. The molecule has 6 aromatic rings. The maximum Gasteiger partial charge on any atom is 0.283 e. The first-order chi connectivity index (χ1) is 21.0. The number of rotatable bonds is 9. The molecule has 0 bridgehead atoms. The van der Waals surface area contributed by atoms with Crippen LogP contribution in [0.25, 0.3) is 22.4 Å². The Balaban J connectivity index is 1.47. The van der Waals surface area contributed by atoms with Crippen LogP contribution in [0.3, 0.4) is 0 Å². The Morgan fingerprint density at radius 2 is 1.86 bits per heavy atom. The number of benzene rings is 1. The molecule has 0 radical (unpaired) electrons. The van der Waals surface area contributed by atoms with Crippen LogP contribution < -0.4 is 15.6 Å². The molecule has 0 unspecified atom stereocenters. The van der Waals surface area contributed by atoms with E-state index >= 15 is 0 Å². The number of hydrogen-bond donors (Lipinski definition) is 1. The summed E-state index contributed by atoms with van der Waals surface area (Å²) in [5.74, 6) is 0.512. The average Bonchev–Trinajstić information content (AvgIpc) is 3.67. The summed E-state index contributed by atoms with van der Waals surface area (Å²) >= 11 is 7.58. The zero-order chi connectivity index (χ0) is 29.8. The van der Waals surface area contributed by atoms with Crippen LogP contribution in [0.15, 0.2) is 103 Å². The van der Waals surface area contributed by atoms with Crippen LogP contribution in [-0.2, 0) is 13.1 Å². The zero-order valence-electron chi connectivity index (χ0n) is 22.8. The van der Waals surface area contributed by atoms with Crippen molar-refractivity contribution in [3.05, 3.63) is 129 Å². The quantitative estimate of drug-likeness (QED) is 0.224. The molecule has 0 saturated carbocycles. The molecule has 0 fully saturated rings. The summed E-state index contributed by atoms with van der Waals surface area (Å²) < 4.78 is 8.99. The van der Waals surface area contributed by atoms with Gasteiger partial charge in [-0.05, 0) is 36.4 Å². The third-order valence-corrected chi connectivity index (χ3v) is 7.85. The molecule has 10 nitrogen and oxygen atoms in total. The van der Waals surface area contributed by atoms with Crippen LogP contribution in [0.5, 0.6) is 5.75 Å². The van der Waals surface area contributed by atoms with Gasteiger partial charge in [-0.3, -0.25) is 24.5 Å². The number of ether oxygens (including phenoxy) is 1. The lowest BCUT2D eigenvalue weighted by Gasteiger charge is -2.11. The van der Waals surface area contributed by atoms with Gasteiger partial charge in [0.1, 0.15) is 11.6 Å². The van der Waals surface area contributed by atoms with Crippen LogP contribution in [-0.4, -0.2) is 42.3 Å². The monoisotopic (exact) mass is 609 g/mol. The number of carbonyl (C=O) groups excluding carboxylic acids is 1. The Labute approximate surface area is 255 Å². The lowest BCUT2D eigenvalue weighted by molar-refractivity contribution is 0.0945. The van der Waals surface area contributed by atoms with Crippen molar-refractivity contribution < 1.29 is 9.53 Å². The smallest absolute Gasteiger partial charge is 0.283 e. The van der Waals surface area contributed by atoms with Gasteiger partial charge in [0.05, 0.1) is 47.7 Å². The predicted octanol–water partition coefficient (Wildman–Crippen LogP) is 5.64. The molecule has 0 aliphatic carbocycles. The van der Waals surface area contributed by atoms with E-state index in [0.29, 0.717) is 56.1 Å². The SMILES string of the molecule is COc1ccccc1C(=O)n1nc(-c2cc(-c3cccnc3)c(=O)n(Cc3cnccn3)c2)cc1NCc1ccc(Cl)s1. The highest BCUT2D eigenvalue weighted by atomic mass is 35.5. The zero-order valence-corrected chi connectivity index (χ0v) is 24.4. The Kier molecular flexibility index (Phi) is 8.07. The molecular formula is C31H24ClN7O3S. The van der Waals surface area contributed by atoms with E-state index in [1.807, 2.05) is 18.2 Å². The maximum atomic E-state index is 13.8. The molecule has 5 heterocycles. The number of halogens is 1. The fourth-order valence-electron chi connectivity index (χ4n) is 4.57. The van der Waals surface area contributed by atoms with E-state index in [1.165, 1.54) is 23.1 Å². The minimum Gasteiger partial charge on any atom is -0.496 e. The van der Waals surface area contributed by atoms with Gasteiger partial charge in [0.25, 0.3) is 11.5 Å². The van der Waals surface area contributed by atoms with Gasteiger partial charge in [-0.25, -0.2) is 0 Å². The fourth-order valence-corrected chi connectivity index (χ4v) is 5.60. The topological polar surface area (TPSA) is 117 Å². The van der Waals surface area contributed by atoms with Crippen molar-refractivity contribution in [1.82, 2.24) is 29.3 Å². The van der Waals surface area contributed by atoms with Crippen LogP contribution in [0.4, 0.5) is 5.82 Å². The highest BCUT2D eigenvalue weighted by molar-refractivity contribution is 7.16. The summed E-state index contributed by atoms with van der Waals surface area (Å²) in [7, 11) is 1.51. The van der Waals surface area contributed by atoms with Gasteiger partial charge in [-0.2, -0.15) is 9.78 Å². The summed E-state index contributed by atoms with van der Waals surface area (Å²) in [4.78, 5) is 41.1. The van der Waals surface area contributed by atoms with E-state index in [2.05, 4.69) is 20.3 Å². The normalized spacial score (nSPS) is 10.9. The fraction of sp³-hybridized carbons (Fsp3) is 0.0968. The molecule has 0 spiro atoms. The number of nitrogens with one attached hydrogen (secondary N) is 1. The van der Waals surface area contributed by atoms with E-state index < -0.39 is 0 Å². The minimum absolute atomic E-state index is 0.193. The van der Waals surface area contributed by atoms with Crippen molar-refractivity contribution in [3.8, 4) is 28.1 Å². The van der Waals surface area contributed by atoms with Crippen molar-refractivity contribution in [2.24, 2.45) is 0 Å². The summed E-state index contributed by atoms with van der Waals surface area (Å²) in [6, 6.07) is 17.9. The predicted molar refractivity (Wildman–Crippen MR) is 166 cm³/mol. The van der Waals surface area contributed by atoms with Crippen LogP contribution >= 0.6 is 22.9 Å². The van der Waals surface area contributed by atoms with Gasteiger partial charge in [-0.15, -0.1) is 11.3 Å². The Morgan fingerprint density at radius 1 is 1.00 bits per heavy atom. The van der Waals surface area contributed by atoms with Crippen LogP contribution in [0.2, 0.25) is 4.34 Å². The average molecular weight is 610 g/mol. The van der Waals surface area contributed by atoms with Gasteiger partial charge >= 0.3 is 0 Å². The molecule has 5 aromatic heterocycles. The molecule has 0 amide bonds. The highest BCUT2D eigenvalue weighted by Crippen LogP contribution is 2.29. The van der Waals surface area contributed by atoms with E-state index in [4.69, 9.17) is 21.4 Å². The van der Waals surface area contributed by atoms with Gasteiger partial charge in [0, 0.05) is 58.6 Å². The summed E-state index contributed by atoms with van der Waals surface area (Å²) in [5.41, 5.74) is 2.93. The van der Waals surface area contributed by atoms with E-state index in [1.54, 1.807) is 84.2 Å². The minimum atomic E-state index is -0.379. The number of anilines is 1. The first kappa shape index (κ1) is 28.0. The van der Waals surface area contributed by atoms with Gasteiger partial charge < -0.3 is 14.6 Å². The first-order valence-electron chi connectivity index (χ1n) is 13.2. The van der Waals surface area contributed by atoms with Gasteiger partial charge in [0.15, 0.2) is 0 Å². The number of pyridine rings is 2. The Bertz CT molecular complexity index is 1960. The number of aromatic nitrogens is 6. The molecule has 1 aromatic carbocycles. The molecule has 0 aliphatic heterocycles. The van der Waals surface area contributed by atoms with Crippen LogP contribution in [0.1, 0.15) is 20.9 Å². The summed E-state index contributed by atoms with van der Waals surface area (Å²) in [5, 5.41) is 8.06. The molecule has 0 saturated heterocycles. The van der Waals surface area contributed by atoms with Crippen molar-refractivity contribution in [3.63, 3.8) is 0 Å². The summed E-state index contributed by atoms with van der Waals surface area (Å²) in [6.07, 6.45) is 9.76. The third-order valence-electron chi connectivity index (χ3n) is 6.62. The van der Waals surface area contributed by atoms with E-state index in [9.17, 15) is 9.59 Å². The van der Waals surface area contributed by atoms with E-state index in [-0.39, 0.29) is 18.0 Å². The second kappa shape index (κ2) is 12.4. The van der Waals surface area contributed by atoms with Crippen molar-refractivity contribution in [1.29, 1.82) is 0 Å². The van der Waals surface area contributed by atoms with E-state index in [0.717, 1.165) is 4.88 Å². The second-order valence-corrected chi connectivity index (χ2v) is 11.2. The third kappa shape index (κ3) is 6.08.